The number of benzene rings is 2. The van der Waals surface area contributed by atoms with E-state index in [0.717, 1.165) is 28.3 Å². The molecular weight excluding hydrogens is 438 g/mol. The largest absolute Gasteiger partial charge is 0.491 e. The summed E-state index contributed by atoms with van der Waals surface area (Å²) in [6.07, 6.45) is -0.264. The molecule has 0 aliphatic carbocycles. The van der Waals surface area contributed by atoms with Crippen molar-refractivity contribution < 1.29 is 9.53 Å². The Labute approximate surface area is 198 Å². The van der Waals surface area contributed by atoms with Crippen LogP contribution in [0.2, 0.25) is 5.02 Å². The number of ether oxygens (including phenoxy) is 1. The topological polar surface area (TPSA) is 81.4 Å². The van der Waals surface area contributed by atoms with Gasteiger partial charge in [0.1, 0.15) is 11.6 Å². The number of carbonyl (C=O) groups excluding carboxylic acids is 1. The second-order valence-electron chi connectivity index (χ2n) is 8.84. The molecule has 1 aliphatic heterocycles. The number of fused-ring (bicyclic) bond motifs is 3. The molecule has 1 N–H and O–H groups in total. The molecule has 7 nitrogen and oxygen atoms in total. The Bertz CT molecular complexity index is 1200. The van der Waals surface area contributed by atoms with Gasteiger partial charge in [0.15, 0.2) is 12.0 Å². The molecule has 8 heteroatoms. The Kier molecular flexibility index (Phi) is 6.51. The number of halogens is 1. The lowest BCUT2D eigenvalue weighted by Gasteiger charge is -2.16. The zero-order valence-electron chi connectivity index (χ0n) is 19.5. The number of amides is 1. The van der Waals surface area contributed by atoms with E-state index in [1.807, 2.05) is 81.7 Å². The summed E-state index contributed by atoms with van der Waals surface area (Å²) >= 11 is 6.15. The summed E-state index contributed by atoms with van der Waals surface area (Å²) in [5, 5.41) is 12.3. The third-order valence-electron chi connectivity index (χ3n) is 5.20. The highest BCUT2D eigenvalue weighted by atomic mass is 35.5. The second-order valence-corrected chi connectivity index (χ2v) is 9.28. The van der Waals surface area contributed by atoms with Gasteiger partial charge >= 0.3 is 0 Å². The summed E-state index contributed by atoms with van der Waals surface area (Å²) in [5.41, 5.74) is 3.33. The van der Waals surface area contributed by atoms with Crippen molar-refractivity contribution >= 4 is 23.2 Å². The lowest BCUT2D eigenvalue weighted by molar-refractivity contribution is -0.122. The van der Waals surface area contributed by atoms with Crippen LogP contribution in [0.3, 0.4) is 0 Å². The molecular formula is C25H28ClN5O2. The Morgan fingerprint density at radius 3 is 2.52 bits per heavy atom. The lowest BCUT2D eigenvalue weighted by atomic mass is 10.00. The minimum Gasteiger partial charge on any atom is -0.491 e. The average molecular weight is 466 g/mol. The summed E-state index contributed by atoms with van der Waals surface area (Å²) < 4.78 is 7.92. The summed E-state index contributed by atoms with van der Waals surface area (Å²) in [7, 11) is 0. The Morgan fingerprint density at radius 1 is 1.12 bits per heavy atom. The minimum absolute atomic E-state index is 0.0278. The maximum Gasteiger partial charge on any atom is 0.222 e. The van der Waals surface area contributed by atoms with Gasteiger partial charge in [0.25, 0.3) is 0 Å². The first kappa shape index (κ1) is 23.0. The number of nitrogens with one attached hydrogen (secondary N) is 1. The highest BCUT2D eigenvalue weighted by Gasteiger charge is 2.29. The van der Waals surface area contributed by atoms with Crippen LogP contribution < -0.4 is 10.1 Å². The number of carbonyl (C=O) groups is 1. The number of aryl methyl sites for hydroxylation is 1. The molecule has 1 amide bonds. The van der Waals surface area contributed by atoms with E-state index in [9.17, 15) is 4.79 Å². The van der Waals surface area contributed by atoms with Crippen LogP contribution in [-0.2, 0) is 4.79 Å². The molecule has 0 unspecified atom stereocenters. The number of aromatic nitrogens is 3. The van der Waals surface area contributed by atoms with Gasteiger partial charge in [-0.1, -0.05) is 37.6 Å². The number of hydrogen-bond donors (Lipinski definition) is 1. The van der Waals surface area contributed by atoms with Crippen LogP contribution in [0.1, 0.15) is 63.1 Å². The van der Waals surface area contributed by atoms with Crippen LogP contribution in [-0.4, -0.2) is 32.5 Å². The number of nitrogens with zero attached hydrogens (tertiary/aromatic N) is 4. The molecule has 33 heavy (non-hydrogen) atoms. The van der Waals surface area contributed by atoms with Crippen molar-refractivity contribution in [2.75, 3.05) is 0 Å². The number of hydrogen-bond acceptors (Lipinski definition) is 5. The van der Waals surface area contributed by atoms with Crippen molar-refractivity contribution in [2.45, 2.75) is 53.3 Å². The minimum atomic E-state index is -0.690. The first-order valence-corrected chi connectivity index (χ1v) is 11.5. The molecule has 2 aromatic carbocycles. The SMILES string of the molecule is Cc1nnc2n1-c1ccc(OC(C)C)cc1C(c1ccc(Cl)cc1)=N[C@H]2NC(=O)CC(C)C. The molecule has 0 bridgehead atoms. The zero-order valence-corrected chi connectivity index (χ0v) is 20.2. The Balaban J connectivity index is 1.92. The van der Waals surface area contributed by atoms with Crippen LogP contribution in [0.5, 0.6) is 5.75 Å². The van der Waals surface area contributed by atoms with E-state index in [0.29, 0.717) is 23.1 Å². The van der Waals surface area contributed by atoms with E-state index in [2.05, 4.69) is 15.5 Å². The normalized spacial score (nSPS) is 15.0. The maximum absolute atomic E-state index is 12.7. The molecule has 1 atom stereocenters. The van der Waals surface area contributed by atoms with Crippen molar-refractivity contribution in [3.05, 3.63) is 70.3 Å². The van der Waals surface area contributed by atoms with Crippen molar-refractivity contribution in [3.63, 3.8) is 0 Å². The number of aliphatic imine (C=N–C) groups is 1. The van der Waals surface area contributed by atoms with E-state index in [4.69, 9.17) is 21.3 Å². The summed E-state index contributed by atoms with van der Waals surface area (Å²) in [5.74, 6) is 2.14. The summed E-state index contributed by atoms with van der Waals surface area (Å²) in [4.78, 5) is 17.7. The summed E-state index contributed by atoms with van der Waals surface area (Å²) in [6.45, 7) is 9.88. The second kappa shape index (κ2) is 9.35. The monoisotopic (exact) mass is 465 g/mol. The first-order chi connectivity index (χ1) is 15.7. The van der Waals surface area contributed by atoms with Crippen LogP contribution in [0, 0.1) is 12.8 Å². The van der Waals surface area contributed by atoms with E-state index >= 15 is 0 Å². The number of rotatable bonds is 6. The van der Waals surface area contributed by atoms with Crippen LogP contribution >= 0.6 is 11.6 Å². The quantitative estimate of drug-likeness (QED) is 0.553. The smallest absolute Gasteiger partial charge is 0.222 e. The molecule has 0 radical (unpaired) electrons. The highest BCUT2D eigenvalue weighted by molar-refractivity contribution is 6.30. The summed E-state index contributed by atoms with van der Waals surface area (Å²) in [6, 6.07) is 13.4. The van der Waals surface area contributed by atoms with Gasteiger partial charge in [-0.05, 0) is 57.0 Å². The highest BCUT2D eigenvalue weighted by Crippen LogP contribution is 2.32. The fraction of sp³-hybridized carbons (Fsp3) is 0.360. The molecule has 0 spiro atoms. The zero-order chi connectivity index (χ0) is 23.7. The molecule has 172 valence electrons. The molecule has 3 aromatic rings. The molecule has 4 rings (SSSR count). The maximum atomic E-state index is 12.7. The molecule has 0 saturated carbocycles. The average Bonchev–Trinajstić information content (AvgIpc) is 3.06. The van der Waals surface area contributed by atoms with Crippen LogP contribution in [0.25, 0.3) is 5.69 Å². The van der Waals surface area contributed by atoms with Gasteiger partial charge in [0.05, 0.1) is 17.5 Å². The van der Waals surface area contributed by atoms with E-state index in [-0.39, 0.29) is 17.9 Å². The van der Waals surface area contributed by atoms with Gasteiger partial charge in [-0.25, -0.2) is 0 Å². The van der Waals surface area contributed by atoms with E-state index in [1.165, 1.54) is 0 Å². The predicted octanol–water partition coefficient (Wildman–Crippen LogP) is 5.03. The van der Waals surface area contributed by atoms with Gasteiger partial charge in [-0.15, -0.1) is 10.2 Å². The van der Waals surface area contributed by atoms with E-state index in [1.54, 1.807) is 0 Å². The van der Waals surface area contributed by atoms with Crippen molar-refractivity contribution in [1.82, 2.24) is 20.1 Å². The van der Waals surface area contributed by atoms with Crippen LogP contribution in [0.4, 0.5) is 0 Å². The van der Waals surface area contributed by atoms with Gasteiger partial charge < -0.3 is 10.1 Å². The third kappa shape index (κ3) is 4.93. The van der Waals surface area contributed by atoms with Crippen molar-refractivity contribution in [2.24, 2.45) is 10.9 Å². The van der Waals surface area contributed by atoms with E-state index < -0.39 is 6.17 Å². The van der Waals surface area contributed by atoms with Gasteiger partial charge in [-0.2, -0.15) is 0 Å². The van der Waals surface area contributed by atoms with Gasteiger partial charge in [0, 0.05) is 22.6 Å². The van der Waals surface area contributed by atoms with Crippen LogP contribution in [0.15, 0.2) is 47.5 Å². The fourth-order valence-corrected chi connectivity index (χ4v) is 4.00. The Morgan fingerprint density at radius 2 is 1.85 bits per heavy atom. The third-order valence-corrected chi connectivity index (χ3v) is 5.45. The van der Waals surface area contributed by atoms with Crippen molar-refractivity contribution in [1.29, 1.82) is 0 Å². The molecule has 0 fully saturated rings. The Hall–Kier alpha value is -3.19. The lowest BCUT2D eigenvalue weighted by Crippen LogP contribution is -2.30. The van der Waals surface area contributed by atoms with Gasteiger partial charge in [0.2, 0.25) is 5.91 Å². The fourth-order valence-electron chi connectivity index (χ4n) is 3.87. The molecule has 2 heterocycles. The molecule has 1 aliphatic rings. The first-order valence-electron chi connectivity index (χ1n) is 11.1. The predicted molar refractivity (Wildman–Crippen MR) is 129 cm³/mol. The van der Waals surface area contributed by atoms with Crippen molar-refractivity contribution in [3.8, 4) is 11.4 Å². The standard InChI is InChI=1S/C25H28ClN5O2/c1-14(2)12-22(32)27-24-25-30-29-16(5)31(25)21-11-10-19(33-15(3)4)13-20(21)23(28-24)17-6-8-18(26)9-7-17/h6-11,13-15,24H,12H2,1-5H3,(H,27,32)/t24-/m1/s1. The molecule has 0 saturated heterocycles. The van der Waals surface area contributed by atoms with Gasteiger partial charge in [-0.3, -0.25) is 14.4 Å². The molecule has 1 aromatic heterocycles.